The fourth-order valence-corrected chi connectivity index (χ4v) is 3.55. The minimum atomic E-state index is -1.51. The molecule has 8 nitrogen and oxygen atoms in total. The number of pyridine rings is 1. The zero-order chi connectivity index (χ0) is 20.0. The predicted octanol–water partition coefficient (Wildman–Crippen LogP) is 1.29. The van der Waals surface area contributed by atoms with Crippen LogP contribution in [0.2, 0.25) is 0 Å². The third-order valence-electron chi connectivity index (χ3n) is 3.89. The maximum atomic E-state index is 12.7. The van der Waals surface area contributed by atoms with Gasteiger partial charge >= 0.3 is 0 Å². The summed E-state index contributed by atoms with van der Waals surface area (Å²) in [5.41, 5.74) is 4.77. The molecule has 0 saturated carbocycles. The number of ether oxygens (including phenoxy) is 1. The molecule has 0 fully saturated rings. The first-order valence-electron chi connectivity index (χ1n) is 8.60. The van der Waals surface area contributed by atoms with Crippen molar-refractivity contribution in [1.82, 2.24) is 10.3 Å². The van der Waals surface area contributed by atoms with Crippen LogP contribution in [0.25, 0.3) is 0 Å². The lowest BCUT2D eigenvalue weighted by Gasteiger charge is -2.24. The van der Waals surface area contributed by atoms with Gasteiger partial charge in [-0.3, -0.25) is 20.1 Å². The Balaban J connectivity index is 2.24. The third-order valence-corrected chi connectivity index (χ3v) is 5.13. The summed E-state index contributed by atoms with van der Waals surface area (Å²) in [6.45, 7) is 7.18. The third kappa shape index (κ3) is 5.30. The molecular formula is C18H24N4O4S. The second-order valence-corrected chi connectivity index (χ2v) is 7.20. The summed E-state index contributed by atoms with van der Waals surface area (Å²) in [5.74, 6) is -0.143. The quantitative estimate of drug-likeness (QED) is 0.544. The van der Waals surface area contributed by atoms with E-state index in [0.29, 0.717) is 17.9 Å². The van der Waals surface area contributed by atoms with Gasteiger partial charge < -0.3 is 15.0 Å². The van der Waals surface area contributed by atoms with Crippen LogP contribution in [0.15, 0.2) is 34.6 Å². The van der Waals surface area contributed by atoms with Gasteiger partial charge in [0.2, 0.25) is 0 Å². The van der Waals surface area contributed by atoms with E-state index in [-0.39, 0.29) is 28.7 Å². The van der Waals surface area contributed by atoms with Crippen LogP contribution in [0, 0.1) is 0 Å². The Bertz CT molecular complexity index is 820. The van der Waals surface area contributed by atoms with E-state index in [9.17, 15) is 14.4 Å². The smallest absolute Gasteiger partial charge is 0.264 e. The van der Waals surface area contributed by atoms with Crippen molar-refractivity contribution in [2.45, 2.75) is 38.4 Å². The van der Waals surface area contributed by atoms with Crippen molar-refractivity contribution in [2.24, 2.45) is 10.7 Å². The fraction of sp³-hybridized carbons (Fsp3) is 0.444. The van der Waals surface area contributed by atoms with Gasteiger partial charge in [-0.1, -0.05) is 37.8 Å². The molecule has 0 radical (unpaired) electrons. The van der Waals surface area contributed by atoms with Crippen LogP contribution in [0.1, 0.15) is 38.4 Å². The molecule has 0 spiro atoms. The predicted molar refractivity (Wildman–Crippen MR) is 106 cm³/mol. The highest BCUT2D eigenvalue weighted by Gasteiger charge is 2.41. The Labute approximate surface area is 161 Å². The van der Waals surface area contributed by atoms with Gasteiger partial charge in [0.15, 0.2) is 11.4 Å². The number of Topliss-reactive ketones (excluding diaryl/α,β-unsaturated/α-hetero) is 1. The van der Waals surface area contributed by atoms with Gasteiger partial charge in [0.1, 0.15) is 17.4 Å². The number of rotatable bonds is 9. The summed E-state index contributed by atoms with van der Waals surface area (Å²) in [6, 6.07) is 2.53. The number of hydrogen-bond donors (Lipinski definition) is 3. The average molecular weight is 392 g/mol. The molecule has 0 aliphatic carbocycles. The standard InChI is InChI=1S/C18H24N4O4S/c1-4-6-13(14-8-12(26-7-5-2)9-15(24)20-14)21-17(25)18(19)10-27-16(22-18)11(3)23/h5,8-9,13H,2,4,6-7,10,19H2,1,3H3,(H,20,24)(H,21,25)/t13?,18-/m0/s1. The Morgan fingerprint density at radius 3 is 2.89 bits per heavy atom. The van der Waals surface area contributed by atoms with E-state index < -0.39 is 17.6 Å². The van der Waals surface area contributed by atoms with Gasteiger partial charge in [0.25, 0.3) is 11.5 Å². The highest BCUT2D eigenvalue weighted by molar-refractivity contribution is 8.16. The molecule has 0 bridgehead atoms. The van der Waals surface area contributed by atoms with Gasteiger partial charge in [-0.15, -0.1) is 0 Å². The highest BCUT2D eigenvalue weighted by Crippen LogP contribution is 2.26. The maximum absolute atomic E-state index is 12.7. The molecule has 1 aliphatic heterocycles. The zero-order valence-corrected chi connectivity index (χ0v) is 16.2. The van der Waals surface area contributed by atoms with Crippen molar-refractivity contribution in [3.63, 3.8) is 0 Å². The number of carbonyl (C=O) groups is 2. The Morgan fingerprint density at radius 1 is 1.56 bits per heavy atom. The first-order valence-corrected chi connectivity index (χ1v) is 9.59. The Kier molecular flexibility index (Phi) is 6.98. The SMILES string of the molecule is C=CCOc1cc(C(CCC)NC(=O)[C@]2(N)CSC(C(C)=O)=N2)[nH]c(=O)c1. The second kappa shape index (κ2) is 9.01. The normalized spacial score (nSPS) is 19.9. The van der Waals surface area contributed by atoms with E-state index in [4.69, 9.17) is 10.5 Å². The number of H-pyrrole nitrogens is 1. The molecule has 2 atom stereocenters. The lowest BCUT2D eigenvalue weighted by Crippen LogP contribution is -2.54. The molecule has 0 aromatic carbocycles. The zero-order valence-electron chi connectivity index (χ0n) is 15.4. The number of hydrogen-bond acceptors (Lipinski definition) is 7. The summed E-state index contributed by atoms with van der Waals surface area (Å²) in [7, 11) is 0. The van der Waals surface area contributed by atoms with E-state index >= 15 is 0 Å². The van der Waals surface area contributed by atoms with Crippen LogP contribution in [-0.4, -0.2) is 39.7 Å². The molecule has 4 N–H and O–H groups in total. The average Bonchev–Trinajstić information content (AvgIpc) is 3.03. The monoisotopic (exact) mass is 392 g/mol. The minimum Gasteiger partial charge on any atom is -0.489 e. The van der Waals surface area contributed by atoms with Crippen molar-refractivity contribution in [2.75, 3.05) is 12.4 Å². The molecule has 9 heteroatoms. The van der Waals surface area contributed by atoms with Gasteiger partial charge in [0, 0.05) is 30.5 Å². The number of ketones is 1. The van der Waals surface area contributed by atoms with Gasteiger partial charge in [-0.05, 0) is 6.42 Å². The molecule has 1 aromatic rings. The van der Waals surface area contributed by atoms with E-state index in [1.807, 2.05) is 6.92 Å². The summed E-state index contributed by atoms with van der Waals surface area (Å²) >= 11 is 1.16. The van der Waals surface area contributed by atoms with Crippen LogP contribution in [-0.2, 0) is 9.59 Å². The second-order valence-electron chi connectivity index (χ2n) is 6.24. The molecule has 1 unspecified atom stereocenters. The summed E-state index contributed by atoms with van der Waals surface area (Å²) in [6.07, 6.45) is 2.92. The largest absolute Gasteiger partial charge is 0.489 e. The molecule has 1 aliphatic rings. The van der Waals surface area contributed by atoms with E-state index in [1.165, 1.54) is 13.0 Å². The van der Waals surface area contributed by atoms with Gasteiger partial charge in [-0.2, -0.15) is 0 Å². The molecule has 27 heavy (non-hydrogen) atoms. The number of thioether (sulfide) groups is 1. The highest BCUT2D eigenvalue weighted by atomic mass is 32.2. The lowest BCUT2D eigenvalue weighted by atomic mass is 10.1. The number of aliphatic imine (C=N–C) groups is 1. The van der Waals surface area contributed by atoms with Crippen LogP contribution in [0.5, 0.6) is 5.75 Å². The Hall–Kier alpha value is -2.39. The summed E-state index contributed by atoms with van der Waals surface area (Å²) in [5, 5.41) is 3.09. The number of amides is 1. The van der Waals surface area contributed by atoms with Crippen molar-refractivity contribution >= 4 is 28.5 Å². The number of aromatic nitrogens is 1. The fourth-order valence-electron chi connectivity index (χ4n) is 2.56. The number of nitrogens with zero attached hydrogens (tertiary/aromatic N) is 1. The number of nitrogens with one attached hydrogen (secondary N) is 2. The number of carbonyl (C=O) groups excluding carboxylic acids is 2. The Morgan fingerprint density at radius 2 is 2.30 bits per heavy atom. The molecule has 0 saturated heterocycles. The van der Waals surface area contributed by atoms with Crippen molar-refractivity contribution < 1.29 is 14.3 Å². The van der Waals surface area contributed by atoms with Crippen LogP contribution in [0.4, 0.5) is 0 Å². The van der Waals surface area contributed by atoms with Crippen LogP contribution in [0.3, 0.4) is 0 Å². The topological polar surface area (TPSA) is 127 Å². The molecule has 1 aromatic heterocycles. The number of aromatic amines is 1. The molecule has 2 rings (SSSR count). The maximum Gasteiger partial charge on any atom is 0.264 e. The molecule has 146 valence electrons. The first-order chi connectivity index (χ1) is 12.8. The van der Waals surface area contributed by atoms with Crippen molar-refractivity contribution in [1.29, 1.82) is 0 Å². The molecule has 2 heterocycles. The van der Waals surface area contributed by atoms with Gasteiger partial charge in [0.05, 0.1) is 6.04 Å². The van der Waals surface area contributed by atoms with E-state index in [0.717, 1.165) is 18.2 Å². The summed E-state index contributed by atoms with van der Waals surface area (Å²) in [4.78, 5) is 43.0. The lowest BCUT2D eigenvalue weighted by molar-refractivity contribution is -0.126. The van der Waals surface area contributed by atoms with E-state index in [2.05, 4.69) is 21.9 Å². The molecule has 1 amide bonds. The summed E-state index contributed by atoms with van der Waals surface area (Å²) < 4.78 is 5.43. The van der Waals surface area contributed by atoms with Crippen LogP contribution >= 0.6 is 11.8 Å². The minimum absolute atomic E-state index is 0.186. The van der Waals surface area contributed by atoms with E-state index in [1.54, 1.807) is 12.1 Å². The number of nitrogens with two attached hydrogens (primary N) is 1. The molecular weight excluding hydrogens is 368 g/mol. The van der Waals surface area contributed by atoms with Crippen LogP contribution < -0.4 is 21.3 Å². The van der Waals surface area contributed by atoms with Crippen molar-refractivity contribution in [3.8, 4) is 5.75 Å². The van der Waals surface area contributed by atoms with Crippen molar-refractivity contribution in [3.05, 3.63) is 40.8 Å². The van der Waals surface area contributed by atoms with Gasteiger partial charge in [-0.25, -0.2) is 4.99 Å². The first kappa shape index (κ1) is 20.9.